The van der Waals surface area contributed by atoms with Crippen molar-refractivity contribution < 1.29 is 14.0 Å². The summed E-state index contributed by atoms with van der Waals surface area (Å²) >= 11 is 1.39. The third-order valence-corrected chi connectivity index (χ3v) is 5.89. The quantitative estimate of drug-likeness (QED) is 0.504. The van der Waals surface area contributed by atoms with Gasteiger partial charge < -0.3 is 10.6 Å². The van der Waals surface area contributed by atoms with E-state index in [2.05, 4.69) is 15.7 Å². The summed E-state index contributed by atoms with van der Waals surface area (Å²) in [6.45, 7) is 2.22. The van der Waals surface area contributed by atoms with Crippen molar-refractivity contribution in [1.29, 1.82) is 0 Å². The van der Waals surface area contributed by atoms with Gasteiger partial charge in [0.25, 0.3) is 11.8 Å². The second-order valence-electron chi connectivity index (χ2n) is 6.88. The largest absolute Gasteiger partial charge is 0.348 e. The Morgan fingerprint density at radius 2 is 1.77 bits per heavy atom. The minimum atomic E-state index is -0.315. The Morgan fingerprint density at radius 3 is 2.43 bits per heavy atom. The average Bonchev–Trinajstić information content (AvgIpc) is 3.29. The van der Waals surface area contributed by atoms with Crippen molar-refractivity contribution in [1.82, 2.24) is 15.1 Å². The van der Waals surface area contributed by atoms with Crippen molar-refractivity contribution in [2.24, 2.45) is 7.05 Å². The maximum atomic E-state index is 12.9. The van der Waals surface area contributed by atoms with Gasteiger partial charge in [-0.05, 0) is 55.0 Å². The van der Waals surface area contributed by atoms with Crippen molar-refractivity contribution in [3.8, 4) is 0 Å². The van der Waals surface area contributed by atoms with E-state index in [1.54, 1.807) is 41.1 Å². The molecule has 0 aliphatic carbocycles. The molecule has 4 aromatic rings. The van der Waals surface area contributed by atoms with Crippen LogP contribution in [-0.2, 0) is 13.6 Å². The maximum absolute atomic E-state index is 12.9. The third kappa shape index (κ3) is 4.08. The number of carbonyl (C=O) groups excluding carboxylic acids is 2. The fourth-order valence-electron chi connectivity index (χ4n) is 3.10. The van der Waals surface area contributed by atoms with Crippen LogP contribution in [0.15, 0.2) is 54.6 Å². The van der Waals surface area contributed by atoms with E-state index in [0.717, 1.165) is 21.5 Å². The molecule has 0 aliphatic heterocycles. The first-order valence-electron chi connectivity index (χ1n) is 9.28. The fraction of sp³-hybridized carbons (Fsp3) is 0.136. The smallest absolute Gasteiger partial charge is 0.265 e. The van der Waals surface area contributed by atoms with E-state index in [-0.39, 0.29) is 17.6 Å². The number of nitrogens with zero attached hydrogens (tertiary/aromatic N) is 2. The number of thiophene rings is 1. The lowest BCUT2D eigenvalue weighted by molar-refractivity contribution is 0.0950. The van der Waals surface area contributed by atoms with Gasteiger partial charge in [-0.3, -0.25) is 14.3 Å². The van der Waals surface area contributed by atoms with Gasteiger partial charge in [-0.15, -0.1) is 11.3 Å². The minimum absolute atomic E-state index is 0.205. The molecule has 2 aromatic heterocycles. The Morgan fingerprint density at radius 1 is 1.07 bits per heavy atom. The van der Waals surface area contributed by atoms with Gasteiger partial charge in [-0.2, -0.15) is 5.10 Å². The molecule has 2 amide bonds. The molecule has 0 radical (unpaired) electrons. The molecule has 0 saturated heterocycles. The topological polar surface area (TPSA) is 76.0 Å². The Kier molecular flexibility index (Phi) is 5.33. The molecule has 4 rings (SSSR count). The molecular weight excluding hydrogens is 403 g/mol. The summed E-state index contributed by atoms with van der Waals surface area (Å²) in [5.74, 6) is -0.765. The molecule has 0 unspecified atom stereocenters. The summed E-state index contributed by atoms with van der Waals surface area (Å²) in [4.78, 5) is 26.4. The molecule has 8 heteroatoms. The second kappa shape index (κ2) is 8.08. The van der Waals surface area contributed by atoms with Crippen molar-refractivity contribution in [3.63, 3.8) is 0 Å². The van der Waals surface area contributed by atoms with Crippen molar-refractivity contribution in [3.05, 3.63) is 82.1 Å². The number of nitrogens with one attached hydrogen (secondary N) is 2. The first-order chi connectivity index (χ1) is 14.4. The predicted molar refractivity (Wildman–Crippen MR) is 115 cm³/mol. The highest BCUT2D eigenvalue weighted by molar-refractivity contribution is 7.20. The van der Waals surface area contributed by atoms with Crippen LogP contribution in [0.2, 0.25) is 0 Å². The van der Waals surface area contributed by atoms with Gasteiger partial charge >= 0.3 is 0 Å². The van der Waals surface area contributed by atoms with Crippen LogP contribution in [0.3, 0.4) is 0 Å². The number of hydrogen-bond donors (Lipinski definition) is 2. The number of hydrogen-bond acceptors (Lipinski definition) is 4. The number of rotatable bonds is 5. The normalized spacial score (nSPS) is 10.9. The number of aryl methyl sites for hydroxylation is 2. The molecule has 152 valence electrons. The second-order valence-corrected chi connectivity index (χ2v) is 7.91. The predicted octanol–water partition coefficient (Wildman–Crippen LogP) is 4.26. The molecule has 0 aliphatic rings. The first kappa shape index (κ1) is 19.8. The summed E-state index contributed by atoms with van der Waals surface area (Å²) in [6.07, 6.45) is 0. The van der Waals surface area contributed by atoms with E-state index < -0.39 is 0 Å². The first-order valence-corrected chi connectivity index (χ1v) is 10.1. The summed E-state index contributed by atoms with van der Waals surface area (Å²) in [5, 5.41) is 11.0. The maximum Gasteiger partial charge on any atom is 0.265 e. The zero-order chi connectivity index (χ0) is 21.3. The van der Waals surface area contributed by atoms with Crippen LogP contribution in [0.4, 0.5) is 10.1 Å². The number of carbonyl (C=O) groups is 2. The van der Waals surface area contributed by atoms with Gasteiger partial charge in [0.1, 0.15) is 10.6 Å². The molecule has 2 aromatic carbocycles. The standard InChI is InChI=1S/C22H19FN4O2S/c1-13-18-11-19(30-22(18)27(2)26-13)21(29)25-17-9-5-15(6-10-17)20(28)24-12-14-3-7-16(23)8-4-14/h3-11H,12H2,1-2H3,(H,24,28)(H,25,29). The van der Waals surface area contributed by atoms with Crippen molar-refractivity contribution in [2.45, 2.75) is 13.5 Å². The highest BCUT2D eigenvalue weighted by atomic mass is 32.1. The van der Waals surface area contributed by atoms with E-state index in [1.807, 2.05) is 20.0 Å². The van der Waals surface area contributed by atoms with Gasteiger partial charge in [0, 0.05) is 30.2 Å². The SMILES string of the molecule is Cc1nn(C)c2sc(C(=O)Nc3ccc(C(=O)NCc4ccc(F)cc4)cc3)cc12. The fourth-order valence-corrected chi connectivity index (χ4v) is 4.12. The lowest BCUT2D eigenvalue weighted by Crippen LogP contribution is -2.22. The number of amides is 2. The monoisotopic (exact) mass is 422 g/mol. The number of fused-ring (bicyclic) bond motifs is 1. The zero-order valence-corrected chi connectivity index (χ0v) is 17.2. The van der Waals surface area contributed by atoms with Gasteiger partial charge in [0.05, 0.1) is 10.6 Å². The third-order valence-electron chi connectivity index (χ3n) is 4.69. The lowest BCUT2D eigenvalue weighted by Gasteiger charge is -2.07. The lowest BCUT2D eigenvalue weighted by atomic mass is 10.1. The Bertz CT molecular complexity index is 1190. The van der Waals surface area contributed by atoms with Gasteiger partial charge in [-0.25, -0.2) is 4.39 Å². The van der Waals surface area contributed by atoms with E-state index >= 15 is 0 Å². The zero-order valence-electron chi connectivity index (χ0n) is 16.4. The van der Waals surface area contributed by atoms with Gasteiger partial charge in [0.15, 0.2) is 0 Å². The number of benzene rings is 2. The van der Waals surface area contributed by atoms with Gasteiger partial charge in [0.2, 0.25) is 0 Å². The van der Waals surface area contributed by atoms with E-state index in [4.69, 9.17) is 0 Å². The molecule has 0 saturated carbocycles. The van der Waals surface area contributed by atoms with Crippen LogP contribution in [-0.4, -0.2) is 21.6 Å². The van der Waals surface area contributed by atoms with Crippen LogP contribution in [0, 0.1) is 12.7 Å². The molecule has 6 nitrogen and oxygen atoms in total. The van der Waals surface area contributed by atoms with Crippen LogP contribution < -0.4 is 10.6 Å². The highest BCUT2D eigenvalue weighted by Gasteiger charge is 2.15. The van der Waals surface area contributed by atoms with E-state index in [9.17, 15) is 14.0 Å². The molecule has 0 fully saturated rings. The summed E-state index contributed by atoms with van der Waals surface area (Å²) < 4.78 is 14.7. The Labute approximate surface area is 176 Å². The average molecular weight is 422 g/mol. The number of halogens is 1. The molecule has 2 heterocycles. The van der Waals surface area contributed by atoms with Crippen LogP contribution >= 0.6 is 11.3 Å². The Hall–Kier alpha value is -3.52. The van der Waals surface area contributed by atoms with Crippen LogP contribution in [0.25, 0.3) is 10.2 Å². The summed E-state index contributed by atoms with van der Waals surface area (Å²) in [6, 6.07) is 14.5. The van der Waals surface area contributed by atoms with Crippen LogP contribution in [0.1, 0.15) is 31.3 Å². The summed E-state index contributed by atoms with van der Waals surface area (Å²) in [5.41, 5.74) is 2.77. The molecule has 2 N–H and O–H groups in total. The van der Waals surface area contributed by atoms with E-state index in [0.29, 0.717) is 22.7 Å². The minimum Gasteiger partial charge on any atom is -0.348 e. The molecule has 30 heavy (non-hydrogen) atoms. The Balaban J connectivity index is 1.38. The highest BCUT2D eigenvalue weighted by Crippen LogP contribution is 2.28. The number of anilines is 1. The van der Waals surface area contributed by atoms with Crippen LogP contribution in [0.5, 0.6) is 0 Å². The molecule has 0 atom stereocenters. The molecule has 0 bridgehead atoms. The molecular formula is C22H19FN4O2S. The van der Waals surface area contributed by atoms with Crippen molar-refractivity contribution in [2.75, 3.05) is 5.32 Å². The van der Waals surface area contributed by atoms with Crippen molar-refractivity contribution >= 4 is 39.1 Å². The number of aromatic nitrogens is 2. The van der Waals surface area contributed by atoms with Gasteiger partial charge in [-0.1, -0.05) is 12.1 Å². The molecule has 0 spiro atoms. The van der Waals surface area contributed by atoms with E-state index in [1.165, 1.54) is 23.5 Å². The summed E-state index contributed by atoms with van der Waals surface area (Å²) in [7, 11) is 1.85.